The van der Waals surface area contributed by atoms with Crippen LogP contribution < -0.4 is 4.74 Å². The second-order valence-corrected chi connectivity index (χ2v) is 4.61. The number of carbonyl (C=O) groups is 1. The summed E-state index contributed by atoms with van der Waals surface area (Å²) in [6.45, 7) is 1.73. The van der Waals surface area contributed by atoms with Crippen molar-refractivity contribution in [3.05, 3.63) is 63.9 Å². The standard InChI is InChI=1S/C15H12ClFO3/c1-9-11(15(18)19)5-3-7-13(9)20-8-10-4-2-6-12(17)14(10)16/h2-7H,8H2,1H3,(H,18,19). The number of rotatable bonds is 4. The lowest BCUT2D eigenvalue weighted by atomic mass is 10.1. The van der Waals surface area contributed by atoms with E-state index in [1.807, 2.05) is 0 Å². The van der Waals surface area contributed by atoms with Crippen molar-refractivity contribution >= 4 is 17.6 Å². The van der Waals surface area contributed by atoms with Crippen LogP contribution in [-0.2, 0) is 6.61 Å². The molecule has 2 aromatic rings. The van der Waals surface area contributed by atoms with Crippen LogP contribution in [0.5, 0.6) is 5.75 Å². The molecule has 20 heavy (non-hydrogen) atoms. The van der Waals surface area contributed by atoms with Crippen molar-refractivity contribution in [1.82, 2.24) is 0 Å². The number of carboxylic acids is 1. The summed E-state index contributed by atoms with van der Waals surface area (Å²) in [6, 6.07) is 9.22. The predicted octanol–water partition coefficient (Wildman–Crippen LogP) is 4.06. The Labute approximate surface area is 120 Å². The van der Waals surface area contributed by atoms with Gasteiger partial charge in [0, 0.05) is 11.1 Å². The highest BCUT2D eigenvalue weighted by Crippen LogP contribution is 2.25. The number of hydrogen-bond donors (Lipinski definition) is 1. The molecule has 0 saturated heterocycles. The Kier molecular flexibility index (Phi) is 4.25. The Morgan fingerprint density at radius 3 is 2.70 bits per heavy atom. The Morgan fingerprint density at radius 2 is 2.00 bits per heavy atom. The van der Waals surface area contributed by atoms with Gasteiger partial charge in [-0.15, -0.1) is 0 Å². The van der Waals surface area contributed by atoms with Crippen molar-refractivity contribution < 1.29 is 19.0 Å². The van der Waals surface area contributed by atoms with E-state index in [0.29, 0.717) is 16.9 Å². The van der Waals surface area contributed by atoms with E-state index in [4.69, 9.17) is 21.4 Å². The minimum Gasteiger partial charge on any atom is -0.489 e. The SMILES string of the molecule is Cc1c(OCc2cccc(F)c2Cl)cccc1C(=O)O. The predicted molar refractivity (Wildman–Crippen MR) is 73.9 cm³/mol. The zero-order chi connectivity index (χ0) is 14.7. The maximum Gasteiger partial charge on any atom is 0.336 e. The summed E-state index contributed by atoms with van der Waals surface area (Å²) in [6.07, 6.45) is 0. The fourth-order valence-electron chi connectivity index (χ4n) is 1.82. The van der Waals surface area contributed by atoms with Crippen LogP contribution in [0.15, 0.2) is 36.4 Å². The van der Waals surface area contributed by atoms with Crippen LogP contribution in [0, 0.1) is 12.7 Å². The summed E-state index contributed by atoms with van der Waals surface area (Å²) in [5, 5.41) is 9.04. The van der Waals surface area contributed by atoms with Crippen LogP contribution in [0.1, 0.15) is 21.5 Å². The van der Waals surface area contributed by atoms with Gasteiger partial charge < -0.3 is 9.84 Å². The van der Waals surface area contributed by atoms with E-state index in [9.17, 15) is 9.18 Å². The molecule has 0 radical (unpaired) electrons. The Hall–Kier alpha value is -2.07. The van der Waals surface area contributed by atoms with E-state index >= 15 is 0 Å². The third kappa shape index (κ3) is 2.91. The van der Waals surface area contributed by atoms with Crippen LogP contribution >= 0.6 is 11.6 Å². The number of carboxylic acid groups (broad SMARTS) is 1. The molecule has 0 aliphatic carbocycles. The van der Waals surface area contributed by atoms with Crippen molar-refractivity contribution in [2.75, 3.05) is 0 Å². The number of benzene rings is 2. The van der Waals surface area contributed by atoms with Gasteiger partial charge in [-0.1, -0.05) is 29.8 Å². The molecular weight excluding hydrogens is 283 g/mol. The number of halogens is 2. The summed E-state index contributed by atoms with van der Waals surface area (Å²) in [4.78, 5) is 11.0. The average Bonchev–Trinajstić information content (AvgIpc) is 2.41. The highest BCUT2D eigenvalue weighted by atomic mass is 35.5. The van der Waals surface area contributed by atoms with E-state index in [-0.39, 0.29) is 17.2 Å². The number of ether oxygens (including phenoxy) is 1. The summed E-state index contributed by atoms with van der Waals surface area (Å²) in [7, 11) is 0. The van der Waals surface area contributed by atoms with E-state index in [1.54, 1.807) is 31.2 Å². The maximum atomic E-state index is 13.3. The van der Waals surface area contributed by atoms with Crippen LogP contribution in [0.3, 0.4) is 0 Å². The first-order valence-corrected chi connectivity index (χ1v) is 6.27. The van der Waals surface area contributed by atoms with Gasteiger partial charge in [0.05, 0.1) is 10.6 Å². The Bertz CT molecular complexity index is 656. The average molecular weight is 295 g/mol. The lowest BCUT2D eigenvalue weighted by Gasteiger charge is -2.12. The Morgan fingerprint density at radius 1 is 1.30 bits per heavy atom. The molecule has 0 unspecified atom stereocenters. The first kappa shape index (κ1) is 14.3. The van der Waals surface area contributed by atoms with Gasteiger partial charge in [0.2, 0.25) is 0 Å². The molecule has 104 valence electrons. The van der Waals surface area contributed by atoms with Crippen molar-refractivity contribution in [3.8, 4) is 5.75 Å². The molecule has 0 spiro atoms. The molecule has 0 aromatic heterocycles. The molecule has 0 heterocycles. The van der Waals surface area contributed by atoms with E-state index in [1.165, 1.54) is 12.1 Å². The van der Waals surface area contributed by atoms with Crippen LogP contribution in [0.2, 0.25) is 5.02 Å². The molecular formula is C15H12ClFO3. The second-order valence-electron chi connectivity index (χ2n) is 4.24. The van der Waals surface area contributed by atoms with Gasteiger partial charge in [0.1, 0.15) is 18.2 Å². The third-order valence-electron chi connectivity index (χ3n) is 2.93. The van der Waals surface area contributed by atoms with Gasteiger partial charge in [-0.25, -0.2) is 9.18 Å². The zero-order valence-corrected chi connectivity index (χ0v) is 11.4. The fourth-order valence-corrected chi connectivity index (χ4v) is 2.00. The first-order chi connectivity index (χ1) is 9.50. The zero-order valence-electron chi connectivity index (χ0n) is 10.7. The molecule has 0 aliphatic rings. The largest absolute Gasteiger partial charge is 0.489 e. The molecule has 1 N–H and O–H groups in total. The molecule has 0 atom stereocenters. The lowest BCUT2D eigenvalue weighted by Crippen LogP contribution is -2.03. The first-order valence-electron chi connectivity index (χ1n) is 5.89. The van der Waals surface area contributed by atoms with Gasteiger partial charge in [-0.3, -0.25) is 0 Å². The molecule has 5 heteroatoms. The van der Waals surface area contributed by atoms with E-state index < -0.39 is 11.8 Å². The summed E-state index contributed by atoms with van der Waals surface area (Å²) in [5.41, 5.74) is 1.20. The molecule has 2 aromatic carbocycles. The quantitative estimate of drug-likeness (QED) is 0.925. The molecule has 0 amide bonds. The molecule has 3 nitrogen and oxygen atoms in total. The highest BCUT2D eigenvalue weighted by molar-refractivity contribution is 6.31. The van der Waals surface area contributed by atoms with Crippen molar-refractivity contribution in [2.24, 2.45) is 0 Å². The molecule has 0 bridgehead atoms. The minimum absolute atomic E-state index is 0.0135. The van der Waals surface area contributed by atoms with Gasteiger partial charge in [-0.2, -0.15) is 0 Å². The fraction of sp³-hybridized carbons (Fsp3) is 0.133. The molecule has 0 aliphatic heterocycles. The Balaban J connectivity index is 2.21. The highest BCUT2D eigenvalue weighted by Gasteiger charge is 2.12. The third-order valence-corrected chi connectivity index (χ3v) is 3.35. The van der Waals surface area contributed by atoms with Gasteiger partial charge in [0.15, 0.2) is 0 Å². The normalized spacial score (nSPS) is 10.3. The van der Waals surface area contributed by atoms with Crippen LogP contribution in [0.25, 0.3) is 0 Å². The molecule has 0 saturated carbocycles. The molecule has 2 rings (SSSR count). The number of hydrogen-bond acceptors (Lipinski definition) is 2. The van der Waals surface area contributed by atoms with Crippen LogP contribution in [0.4, 0.5) is 4.39 Å². The van der Waals surface area contributed by atoms with Crippen molar-refractivity contribution in [2.45, 2.75) is 13.5 Å². The van der Waals surface area contributed by atoms with E-state index in [0.717, 1.165) is 0 Å². The van der Waals surface area contributed by atoms with Gasteiger partial charge in [-0.05, 0) is 25.1 Å². The monoisotopic (exact) mass is 294 g/mol. The lowest BCUT2D eigenvalue weighted by molar-refractivity contribution is 0.0695. The molecule has 0 fully saturated rings. The van der Waals surface area contributed by atoms with Crippen molar-refractivity contribution in [1.29, 1.82) is 0 Å². The second kappa shape index (κ2) is 5.92. The maximum absolute atomic E-state index is 13.3. The smallest absolute Gasteiger partial charge is 0.336 e. The minimum atomic E-state index is -1.02. The topological polar surface area (TPSA) is 46.5 Å². The number of aromatic carboxylic acids is 1. The van der Waals surface area contributed by atoms with Crippen LogP contribution in [-0.4, -0.2) is 11.1 Å². The summed E-state index contributed by atoms with van der Waals surface area (Å²) < 4.78 is 18.8. The summed E-state index contributed by atoms with van der Waals surface area (Å²) >= 11 is 5.83. The summed E-state index contributed by atoms with van der Waals surface area (Å²) in [5.74, 6) is -1.09. The van der Waals surface area contributed by atoms with Crippen molar-refractivity contribution in [3.63, 3.8) is 0 Å². The van der Waals surface area contributed by atoms with E-state index in [2.05, 4.69) is 0 Å². The van der Waals surface area contributed by atoms with Gasteiger partial charge in [0.25, 0.3) is 0 Å². The van der Waals surface area contributed by atoms with Gasteiger partial charge >= 0.3 is 5.97 Å².